The van der Waals surface area contributed by atoms with Gasteiger partial charge in [0.05, 0.1) is 16.4 Å². The quantitative estimate of drug-likeness (QED) is 0.637. The van der Waals surface area contributed by atoms with E-state index in [1.165, 1.54) is 12.1 Å². The normalized spacial score (nSPS) is 11.4. The van der Waals surface area contributed by atoms with Gasteiger partial charge in [-0.05, 0) is 24.0 Å². The van der Waals surface area contributed by atoms with Gasteiger partial charge in [0, 0.05) is 11.6 Å². The molecule has 4 nitrogen and oxygen atoms in total. The first kappa shape index (κ1) is 17.1. The number of carbonyl (C=O) groups excluding carboxylic acids is 1. The molecule has 0 saturated heterocycles. The van der Waals surface area contributed by atoms with Crippen molar-refractivity contribution in [2.75, 3.05) is 24.3 Å². The molecule has 1 rings (SSSR count). The number of hydrogen-bond donors (Lipinski definition) is 2. The standard InChI is InChI=1S/C14H20Cl2N2O2/c1-14(2,3)4-5-20-8-12(19)18-13-10(16)6-9(15)7-11(13)17/h6-7H,4-5,8,17H2,1-3H3,(H,18,19). The Morgan fingerprint density at radius 2 is 2.00 bits per heavy atom. The molecule has 0 aliphatic heterocycles. The molecule has 1 amide bonds. The molecule has 6 heteroatoms. The Morgan fingerprint density at radius 3 is 2.55 bits per heavy atom. The molecule has 20 heavy (non-hydrogen) atoms. The van der Waals surface area contributed by atoms with E-state index < -0.39 is 0 Å². The number of halogens is 2. The first-order chi connectivity index (χ1) is 9.19. The lowest BCUT2D eigenvalue weighted by molar-refractivity contribution is -0.120. The minimum absolute atomic E-state index is 0.0333. The molecule has 0 aromatic heterocycles. The molecule has 0 bridgehead atoms. The lowest BCUT2D eigenvalue weighted by Gasteiger charge is -2.17. The zero-order valence-corrected chi connectivity index (χ0v) is 13.4. The van der Waals surface area contributed by atoms with E-state index in [2.05, 4.69) is 26.1 Å². The van der Waals surface area contributed by atoms with Crippen LogP contribution in [0.25, 0.3) is 0 Å². The van der Waals surface area contributed by atoms with Gasteiger partial charge in [-0.1, -0.05) is 44.0 Å². The summed E-state index contributed by atoms with van der Waals surface area (Å²) in [6.45, 7) is 6.84. The fourth-order valence-corrected chi connectivity index (χ4v) is 2.00. The smallest absolute Gasteiger partial charge is 0.250 e. The van der Waals surface area contributed by atoms with Crippen LogP contribution in [0.1, 0.15) is 27.2 Å². The summed E-state index contributed by atoms with van der Waals surface area (Å²) >= 11 is 11.8. The van der Waals surface area contributed by atoms with Gasteiger partial charge in [-0.3, -0.25) is 4.79 Å². The molecular formula is C14H20Cl2N2O2. The van der Waals surface area contributed by atoms with Gasteiger partial charge in [0.1, 0.15) is 6.61 Å². The molecule has 0 spiro atoms. The van der Waals surface area contributed by atoms with Crippen molar-refractivity contribution >= 4 is 40.5 Å². The molecule has 0 fully saturated rings. The second-order valence-corrected chi connectivity index (χ2v) is 6.61. The molecule has 0 heterocycles. The SMILES string of the molecule is CC(C)(C)CCOCC(=O)Nc1c(N)cc(Cl)cc1Cl. The molecule has 3 N–H and O–H groups in total. The molecule has 0 saturated carbocycles. The Kier molecular flexibility index (Phi) is 6.11. The summed E-state index contributed by atoms with van der Waals surface area (Å²) in [6.07, 6.45) is 0.879. The predicted octanol–water partition coefficient (Wildman–Crippen LogP) is 3.97. The Labute approximate surface area is 129 Å². The van der Waals surface area contributed by atoms with Gasteiger partial charge in [-0.25, -0.2) is 0 Å². The van der Waals surface area contributed by atoms with Gasteiger partial charge in [0.25, 0.3) is 0 Å². The molecule has 112 valence electrons. The monoisotopic (exact) mass is 318 g/mol. The maximum Gasteiger partial charge on any atom is 0.250 e. The second kappa shape index (κ2) is 7.16. The van der Waals surface area contributed by atoms with Crippen LogP contribution in [0.5, 0.6) is 0 Å². The van der Waals surface area contributed by atoms with Crippen LogP contribution in [0.4, 0.5) is 11.4 Å². The summed E-state index contributed by atoms with van der Waals surface area (Å²) < 4.78 is 5.33. The number of amides is 1. The summed E-state index contributed by atoms with van der Waals surface area (Å²) in [6, 6.07) is 3.05. The first-order valence-corrected chi connectivity index (χ1v) is 7.07. The third-order valence-corrected chi connectivity index (χ3v) is 3.10. The van der Waals surface area contributed by atoms with Gasteiger partial charge >= 0.3 is 0 Å². The third kappa shape index (κ3) is 5.99. The van der Waals surface area contributed by atoms with Gasteiger partial charge in [-0.15, -0.1) is 0 Å². The largest absolute Gasteiger partial charge is 0.397 e. The van der Waals surface area contributed by atoms with Crippen molar-refractivity contribution in [3.63, 3.8) is 0 Å². The highest BCUT2D eigenvalue weighted by Crippen LogP contribution is 2.31. The number of benzene rings is 1. The molecule has 0 radical (unpaired) electrons. The van der Waals surface area contributed by atoms with E-state index in [0.717, 1.165) is 6.42 Å². The van der Waals surface area contributed by atoms with Gasteiger partial charge in [0.2, 0.25) is 5.91 Å². The van der Waals surface area contributed by atoms with Crippen molar-refractivity contribution in [3.05, 3.63) is 22.2 Å². The molecule has 0 aliphatic rings. The van der Waals surface area contributed by atoms with E-state index in [4.69, 9.17) is 33.7 Å². The van der Waals surface area contributed by atoms with Crippen LogP contribution in [0.2, 0.25) is 10.0 Å². The van der Waals surface area contributed by atoms with Crippen LogP contribution in [0.3, 0.4) is 0 Å². The highest BCUT2D eigenvalue weighted by atomic mass is 35.5. The summed E-state index contributed by atoms with van der Waals surface area (Å²) in [5.41, 5.74) is 6.63. The van der Waals surface area contributed by atoms with Crippen molar-refractivity contribution in [2.45, 2.75) is 27.2 Å². The van der Waals surface area contributed by atoms with Crippen LogP contribution in [-0.4, -0.2) is 19.1 Å². The van der Waals surface area contributed by atoms with E-state index in [9.17, 15) is 4.79 Å². The fraction of sp³-hybridized carbons (Fsp3) is 0.500. The van der Waals surface area contributed by atoms with Crippen LogP contribution in [0, 0.1) is 5.41 Å². The number of nitrogen functional groups attached to an aromatic ring is 1. The van der Waals surface area contributed by atoms with Crippen LogP contribution in [0.15, 0.2) is 12.1 Å². The molecule has 1 aromatic carbocycles. The maximum absolute atomic E-state index is 11.7. The number of ether oxygens (including phenoxy) is 1. The lowest BCUT2D eigenvalue weighted by Crippen LogP contribution is -2.20. The van der Waals surface area contributed by atoms with Gasteiger partial charge < -0.3 is 15.8 Å². The van der Waals surface area contributed by atoms with Crippen molar-refractivity contribution in [1.29, 1.82) is 0 Å². The molecule has 1 aromatic rings. The summed E-state index contributed by atoms with van der Waals surface area (Å²) in [5, 5.41) is 3.35. The Hall–Kier alpha value is -0.970. The van der Waals surface area contributed by atoms with Gasteiger partial charge in [-0.2, -0.15) is 0 Å². The zero-order valence-electron chi connectivity index (χ0n) is 11.9. The average molecular weight is 319 g/mol. The van der Waals surface area contributed by atoms with Crippen molar-refractivity contribution < 1.29 is 9.53 Å². The summed E-state index contributed by atoms with van der Waals surface area (Å²) in [7, 11) is 0. The lowest BCUT2D eigenvalue weighted by atomic mass is 9.93. The van der Waals surface area contributed by atoms with Crippen LogP contribution >= 0.6 is 23.2 Å². The van der Waals surface area contributed by atoms with Crippen molar-refractivity contribution in [1.82, 2.24) is 0 Å². The third-order valence-electron chi connectivity index (χ3n) is 2.58. The topological polar surface area (TPSA) is 64.3 Å². The Morgan fingerprint density at radius 1 is 1.35 bits per heavy atom. The minimum atomic E-state index is -0.296. The Balaban J connectivity index is 2.47. The van der Waals surface area contributed by atoms with Crippen LogP contribution in [-0.2, 0) is 9.53 Å². The number of carbonyl (C=O) groups is 1. The maximum atomic E-state index is 11.7. The van der Waals surface area contributed by atoms with E-state index in [1.54, 1.807) is 0 Å². The number of nitrogens with one attached hydrogen (secondary N) is 1. The average Bonchev–Trinajstić information content (AvgIpc) is 2.28. The zero-order chi connectivity index (χ0) is 15.3. The van der Waals surface area contributed by atoms with Crippen molar-refractivity contribution in [3.8, 4) is 0 Å². The number of hydrogen-bond acceptors (Lipinski definition) is 3. The molecular weight excluding hydrogens is 299 g/mol. The molecule has 0 atom stereocenters. The van der Waals surface area contributed by atoms with Gasteiger partial charge in [0.15, 0.2) is 0 Å². The minimum Gasteiger partial charge on any atom is -0.397 e. The predicted molar refractivity (Wildman–Crippen MR) is 84.4 cm³/mol. The highest BCUT2D eigenvalue weighted by molar-refractivity contribution is 6.37. The van der Waals surface area contributed by atoms with E-state index in [-0.39, 0.29) is 17.9 Å². The van der Waals surface area contributed by atoms with E-state index in [0.29, 0.717) is 28.0 Å². The number of nitrogens with two attached hydrogens (primary N) is 1. The van der Waals surface area contributed by atoms with E-state index in [1.807, 2.05) is 0 Å². The first-order valence-electron chi connectivity index (χ1n) is 6.31. The fourth-order valence-electron chi connectivity index (χ4n) is 1.44. The summed E-state index contributed by atoms with van der Waals surface area (Å²) in [4.78, 5) is 11.7. The molecule has 0 aliphatic carbocycles. The number of anilines is 2. The highest BCUT2D eigenvalue weighted by Gasteiger charge is 2.12. The second-order valence-electron chi connectivity index (χ2n) is 5.76. The molecule has 0 unspecified atom stereocenters. The van der Waals surface area contributed by atoms with Crippen molar-refractivity contribution in [2.24, 2.45) is 5.41 Å². The number of rotatable bonds is 5. The van der Waals surface area contributed by atoms with E-state index >= 15 is 0 Å². The summed E-state index contributed by atoms with van der Waals surface area (Å²) in [5.74, 6) is -0.296. The van der Waals surface area contributed by atoms with Crippen LogP contribution < -0.4 is 11.1 Å². The Bertz CT molecular complexity index is 462.